The smallest absolute Gasteiger partial charge is 0.238 e. The van der Waals surface area contributed by atoms with Gasteiger partial charge in [-0.3, -0.25) is 4.79 Å². The van der Waals surface area contributed by atoms with Crippen LogP contribution in [-0.2, 0) is 10.2 Å². The molecule has 18 heavy (non-hydrogen) atoms. The number of fused-ring (bicyclic) bond motifs is 3. The zero-order valence-electron chi connectivity index (χ0n) is 9.84. The minimum atomic E-state index is -0.294. The van der Waals surface area contributed by atoms with E-state index in [4.69, 9.17) is 0 Å². The van der Waals surface area contributed by atoms with Crippen LogP contribution in [-0.4, -0.2) is 28.3 Å². The maximum atomic E-state index is 12.2. The van der Waals surface area contributed by atoms with Crippen molar-refractivity contribution in [2.24, 2.45) is 0 Å². The van der Waals surface area contributed by atoms with E-state index in [2.05, 4.69) is 10.2 Å². The lowest BCUT2D eigenvalue weighted by Crippen LogP contribution is -2.27. The average Bonchev–Trinajstić information content (AvgIpc) is 3.14. The van der Waals surface area contributed by atoms with E-state index in [1.165, 1.54) is 0 Å². The molecule has 2 aliphatic rings. The first-order valence-electron chi connectivity index (χ1n) is 5.90. The van der Waals surface area contributed by atoms with Crippen molar-refractivity contribution >= 4 is 22.4 Å². The van der Waals surface area contributed by atoms with Gasteiger partial charge in [0, 0.05) is 23.5 Å². The van der Waals surface area contributed by atoms with Crippen LogP contribution in [0.25, 0.3) is 10.8 Å². The summed E-state index contributed by atoms with van der Waals surface area (Å²) in [6.07, 6.45) is 3.45. The van der Waals surface area contributed by atoms with E-state index in [0.717, 1.165) is 29.5 Å². The SMILES string of the molecule is CN1C(=O)C2(CC2)c2cc3cnnc(O)c3cc21. The van der Waals surface area contributed by atoms with Crippen LogP contribution in [0.3, 0.4) is 0 Å². The highest BCUT2D eigenvalue weighted by Crippen LogP contribution is 2.57. The molecule has 0 saturated heterocycles. The van der Waals surface area contributed by atoms with Crippen LogP contribution in [0, 0.1) is 0 Å². The number of hydrogen-bond acceptors (Lipinski definition) is 4. The summed E-state index contributed by atoms with van der Waals surface area (Å²) in [5.41, 5.74) is 1.65. The van der Waals surface area contributed by atoms with Gasteiger partial charge in [-0.15, -0.1) is 5.10 Å². The first-order valence-corrected chi connectivity index (χ1v) is 5.90. The highest BCUT2D eigenvalue weighted by atomic mass is 16.3. The summed E-state index contributed by atoms with van der Waals surface area (Å²) >= 11 is 0. The quantitative estimate of drug-likeness (QED) is 0.756. The largest absolute Gasteiger partial charge is 0.492 e. The van der Waals surface area contributed by atoms with E-state index in [1.807, 2.05) is 12.1 Å². The second-order valence-corrected chi connectivity index (χ2v) is 5.07. The second-order valence-electron chi connectivity index (χ2n) is 5.07. The van der Waals surface area contributed by atoms with Crippen molar-refractivity contribution in [1.29, 1.82) is 0 Å². The van der Waals surface area contributed by atoms with Crippen LogP contribution >= 0.6 is 0 Å². The Labute approximate surface area is 103 Å². The molecule has 2 heterocycles. The molecule has 1 aromatic heterocycles. The van der Waals surface area contributed by atoms with Crippen molar-refractivity contribution in [2.75, 3.05) is 11.9 Å². The van der Waals surface area contributed by atoms with E-state index >= 15 is 0 Å². The summed E-state index contributed by atoms with van der Waals surface area (Å²) < 4.78 is 0. The van der Waals surface area contributed by atoms with E-state index in [0.29, 0.717) is 5.39 Å². The summed E-state index contributed by atoms with van der Waals surface area (Å²) in [5.74, 6) is 0.0705. The van der Waals surface area contributed by atoms with Crippen molar-refractivity contribution in [2.45, 2.75) is 18.3 Å². The molecule has 1 fully saturated rings. The number of carbonyl (C=O) groups is 1. The Morgan fingerprint density at radius 3 is 2.89 bits per heavy atom. The number of rotatable bonds is 0. The molecule has 1 saturated carbocycles. The Balaban J connectivity index is 2.09. The Bertz CT molecular complexity index is 707. The molecule has 5 nitrogen and oxygen atoms in total. The average molecular weight is 241 g/mol. The second kappa shape index (κ2) is 2.80. The minimum Gasteiger partial charge on any atom is -0.492 e. The number of aromatic hydroxyl groups is 1. The van der Waals surface area contributed by atoms with Gasteiger partial charge >= 0.3 is 0 Å². The number of likely N-dealkylation sites (N-methyl/N-ethyl adjacent to an activating group) is 1. The van der Waals surface area contributed by atoms with Crippen LogP contribution in [0.2, 0.25) is 0 Å². The van der Waals surface area contributed by atoms with Crippen molar-refractivity contribution in [3.8, 4) is 5.88 Å². The van der Waals surface area contributed by atoms with E-state index < -0.39 is 0 Å². The standard InChI is InChI=1S/C13H11N3O2/c1-16-10-5-8-7(6-14-15-11(8)17)4-9(10)13(2-3-13)12(16)18/h4-6H,2-3H2,1H3,(H,15,17). The monoisotopic (exact) mass is 241 g/mol. The number of aromatic nitrogens is 2. The molecule has 1 N–H and O–H groups in total. The molecule has 1 spiro atoms. The zero-order valence-corrected chi connectivity index (χ0v) is 9.84. The molecule has 90 valence electrons. The number of hydrogen-bond donors (Lipinski definition) is 1. The van der Waals surface area contributed by atoms with Gasteiger partial charge in [0.15, 0.2) is 0 Å². The molecular weight excluding hydrogens is 230 g/mol. The van der Waals surface area contributed by atoms with Crippen LogP contribution in [0.15, 0.2) is 18.3 Å². The predicted molar refractivity (Wildman–Crippen MR) is 65.5 cm³/mol. The Hall–Kier alpha value is -2.17. The van der Waals surface area contributed by atoms with Gasteiger partial charge in [-0.1, -0.05) is 0 Å². The first-order chi connectivity index (χ1) is 8.63. The van der Waals surface area contributed by atoms with Gasteiger partial charge in [-0.05, 0) is 30.5 Å². The Kier molecular flexibility index (Phi) is 1.53. The minimum absolute atomic E-state index is 0.0899. The van der Waals surface area contributed by atoms with E-state index in [1.54, 1.807) is 18.1 Å². The van der Waals surface area contributed by atoms with Gasteiger partial charge in [0.05, 0.1) is 11.6 Å². The molecule has 0 bridgehead atoms. The molecule has 0 radical (unpaired) electrons. The van der Waals surface area contributed by atoms with Crippen molar-refractivity contribution in [1.82, 2.24) is 10.2 Å². The van der Waals surface area contributed by atoms with Crippen LogP contribution in [0.1, 0.15) is 18.4 Å². The summed E-state index contributed by atoms with van der Waals surface area (Å²) in [5, 5.41) is 18.6. The lowest BCUT2D eigenvalue weighted by atomic mass is 9.96. The summed E-state index contributed by atoms with van der Waals surface area (Å²) in [4.78, 5) is 13.9. The third kappa shape index (κ3) is 0.955. The molecule has 4 rings (SSSR count). The summed E-state index contributed by atoms with van der Waals surface area (Å²) in [7, 11) is 1.78. The summed E-state index contributed by atoms with van der Waals surface area (Å²) in [6.45, 7) is 0. The molecule has 0 unspecified atom stereocenters. The number of nitrogens with zero attached hydrogens (tertiary/aromatic N) is 3. The van der Waals surface area contributed by atoms with Crippen molar-refractivity contribution in [3.63, 3.8) is 0 Å². The Morgan fingerprint density at radius 1 is 1.39 bits per heavy atom. The van der Waals surface area contributed by atoms with Gasteiger partial charge in [0.1, 0.15) is 0 Å². The number of carbonyl (C=O) groups excluding carboxylic acids is 1. The lowest BCUT2D eigenvalue weighted by Gasteiger charge is -2.10. The molecule has 1 amide bonds. The molecular formula is C13H11N3O2. The van der Waals surface area contributed by atoms with Crippen LogP contribution < -0.4 is 4.90 Å². The maximum absolute atomic E-state index is 12.2. The van der Waals surface area contributed by atoms with Crippen LogP contribution in [0.5, 0.6) is 5.88 Å². The third-order valence-corrected chi connectivity index (χ3v) is 4.10. The van der Waals surface area contributed by atoms with Crippen molar-refractivity contribution < 1.29 is 9.90 Å². The van der Waals surface area contributed by atoms with Crippen LogP contribution in [0.4, 0.5) is 5.69 Å². The molecule has 0 atom stereocenters. The molecule has 1 aliphatic carbocycles. The zero-order chi connectivity index (χ0) is 12.5. The number of benzene rings is 1. The maximum Gasteiger partial charge on any atom is 0.238 e. The fraction of sp³-hybridized carbons (Fsp3) is 0.308. The topological polar surface area (TPSA) is 66.3 Å². The van der Waals surface area contributed by atoms with Gasteiger partial charge < -0.3 is 10.0 Å². The molecule has 2 aromatic rings. The van der Waals surface area contributed by atoms with E-state index in [9.17, 15) is 9.90 Å². The van der Waals surface area contributed by atoms with Gasteiger partial charge in [-0.2, -0.15) is 5.10 Å². The van der Waals surface area contributed by atoms with Gasteiger partial charge in [0.25, 0.3) is 0 Å². The molecule has 1 aromatic carbocycles. The highest BCUT2D eigenvalue weighted by molar-refractivity contribution is 6.12. The summed E-state index contributed by atoms with van der Waals surface area (Å²) in [6, 6.07) is 3.80. The normalized spacial score (nSPS) is 19.6. The Morgan fingerprint density at radius 2 is 2.17 bits per heavy atom. The fourth-order valence-corrected chi connectivity index (χ4v) is 2.92. The molecule has 1 aliphatic heterocycles. The fourth-order valence-electron chi connectivity index (χ4n) is 2.92. The first kappa shape index (κ1) is 9.82. The van der Waals surface area contributed by atoms with E-state index in [-0.39, 0.29) is 17.2 Å². The third-order valence-electron chi connectivity index (χ3n) is 4.10. The number of amides is 1. The molecule has 5 heteroatoms. The predicted octanol–water partition coefficient (Wildman–Crippen LogP) is 1.34. The van der Waals surface area contributed by atoms with Gasteiger partial charge in [-0.25, -0.2) is 0 Å². The number of anilines is 1. The highest BCUT2D eigenvalue weighted by Gasteiger charge is 2.58. The lowest BCUT2D eigenvalue weighted by molar-refractivity contribution is -0.119. The van der Waals surface area contributed by atoms with Gasteiger partial charge in [0.2, 0.25) is 11.8 Å². The van der Waals surface area contributed by atoms with Crippen molar-refractivity contribution in [3.05, 3.63) is 23.9 Å².